The average Bonchev–Trinajstić information content (AvgIpc) is 3.52. The summed E-state index contributed by atoms with van der Waals surface area (Å²) >= 11 is 6.07. The second kappa shape index (κ2) is 10.1. The molecule has 3 aromatic carbocycles. The first-order valence-electron chi connectivity index (χ1n) is 11.5. The first kappa shape index (κ1) is 23.4. The first-order valence-corrected chi connectivity index (χ1v) is 11.8. The maximum absolute atomic E-state index is 12.8. The summed E-state index contributed by atoms with van der Waals surface area (Å²) in [6.45, 7) is 4.76. The topological polar surface area (TPSA) is 102 Å². The molecule has 0 saturated carbocycles. The van der Waals surface area contributed by atoms with E-state index in [0.717, 1.165) is 11.1 Å². The lowest BCUT2D eigenvalue weighted by Crippen LogP contribution is -2.12. The zero-order valence-corrected chi connectivity index (χ0v) is 20.4. The fourth-order valence-electron chi connectivity index (χ4n) is 3.80. The first-order chi connectivity index (χ1) is 17.6. The van der Waals surface area contributed by atoms with Crippen LogP contribution in [0, 0.1) is 0 Å². The number of amides is 1. The largest absolute Gasteiger partial charge is 0.490 e. The number of H-pyrrole nitrogens is 1. The molecule has 0 aliphatic heterocycles. The predicted octanol–water partition coefficient (Wildman–Crippen LogP) is 6.59. The minimum atomic E-state index is -0.252. The van der Waals surface area contributed by atoms with E-state index >= 15 is 0 Å². The molecule has 9 heteroatoms. The molecule has 0 unspecified atom stereocenters. The minimum absolute atomic E-state index is 0.252. The van der Waals surface area contributed by atoms with Gasteiger partial charge in [0.05, 0.1) is 18.8 Å². The Kier molecular flexibility index (Phi) is 6.60. The Labute approximate surface area is 212 Å². The van der Waals surface area contributed by atoms with E-state index in [1.54, 1.807) is 42.6 Å². The number of fused-ring (bicyclic) bond motifs is 1. The number of nitrogens with one attached hydrogen (secondary N) is 2. The van der Waals surface area contributed by atoms with Gasteiger partial charge in [-0.15, -0.1) is 0 Å². The van der Waals surface area contributed by atoms with E-state index < -0.39 is 0 Å². The Bertz CT molecular complexity index is 1520. The number of aromatic nitrogens is 3. The van der Waals surface area contributed by atoms with Crippen molar-refractivity contribution in [2.45, 2.75) is 13.8 Å². The van der Waals surface area contributed by atoms with Gasteiger partial charge in [-0.1, -0.05) is 23.7 Å². The van der Waals surface area contributed by atoms with Gasteiger partial charge in [-0.2, -0.15) is 5.10 Å². The van der Waals surface area contributed by atoms with Crippen LogP contribution in [0.5, 0.6) is 11.5 Å². The normalized spacial score (nSPS) is 11.0. The van der Waals surface area contributed by atoms with Gasteiger partial charge < -0.3 is 19.2 Å². The number of carbonyl (C=O) groups is 1. The highest BCUT2D eigenvalue weighted by molar-refractivity contribution is 6.31. The van der Waals surface area contributed by atoms with Gasteiger partial charge in [0.1, 0.15) is 11.2 Å². The summed E-state index contributed by atoms with van der Waals surface area (Å²) in [6, 6.07) is 17.8. The number of benzene rings is 3. The lowest BCUT2D eigenvalue weighted by atomic mass is 10.1. The number of aromatic amines is 1. The maximum Gasteiger partial charge on any atom is 0.255 e. The molecule has 5 aromatic rings. The molecule has 0 aliphatic carbocycles. The summed E-state index contributed by atoms with van der Waals surface area (Å²) in [6.07, 6.45) is 1.74. The summed E-state index contributed by atoms with van der Waals surface area (Å²) < 4.78 is 17.1. The van der Waals surface area contributed by atoms with Crippen LogP contribution in [0.15, 0.2) is 71.3 Å². The van der Waals surface area contributed by atoms with Crippen molar-refractivity contribution in [2.75, 3.05) is 18.5 Å². The van der Waals surface area contributed by atoms with Crippen LogP contribution in [0.2, 0.25) is 5.02 Å². The summed E-state index contributed by atoms with van der Waals surface area (Å²) in [7, 11) is 0. The molecular weight excluding hydrogens is 480 g/mol. The quantitative estimate of drug-likeness (QED) is 0.248. The zero-order valence-electron chi connectivity index (χ0n) is 19.7. The molecule has 182 valence electrons. The van der Waals surface area contributed by atoms with E-state index in [2.05, 4.69) is 20.5 Å². The van der Waals surface area contributed by atoms with Crippen LogP contribution in [0.4, 0.5) is 5.69 Å². The third kappa shape index (κ3) is 4.76. The number of nitrogens with zero attached hydrogens (tertiary/aromatic N) is 2. The van der Waals surface area contributed by atoms with Crippen LogP contribution in [0.25, 0.3) is 33.8 Å². The van der Waals surface area contributed by atoms with Crippen LogP contribution in [-0.4, -0.2) is 34.3 Å². The molecule has 0 spiro atoms. The van der Waals surface area contributed by atoms with Crippen molar-refractivity contribution in [3.8, 4) is 34.2 Å². The van der Waals surface area contributed by atoms with Crippen LogP contribution in [-0.2, 0) is 0 Å². The second-order valence-corrected chi connectivity index (χ2v) is 8.27. The number of hydrogen-bond donors (Lipinski definition) is 2. The minimum Gasteiger partial charge on any atom is -0.490 e. The molecule has 8 nitrogen and oxygen atoms in total. The standard InChI is InChI=1S/C27H23ClN4O4/c1-3-34-23-11-7-17(13-24(23)35-4-2)26(33)30-19-9-5-16(6-10-19)25-20(15-29-32-25)27-31-21-14-18(28)8-12-22(21)36-27/h5-15H,3-4H2,1-2H3,(H,29,32)(H,30,33). The van der Waals surface area contributed by atoms with E-state index in [9.17, 15) is 4.79 Å². The van der Waals surface area contributed by atoms with E-state index in [1.165, 1.54) is 0 Å². The number of hydrogen-bond acceptors (Lipinski definition) is 6. The van der Waals surface area contributed by atoms with E-state index in [4.69, 9.17) is 25.5 Å². The summed E-state index contributed by atoms with van der Waals surface area (Å²) in [5.74, 6) is 1.33. The lowest BCUT2D eigenvalue weighted by Gasteiger charge is -2.12. The van der Waals surface area contributed by atoms with Gasteiger partial charge in [0.2, 0.25) is 5.89 Å². The molecule has 0 aliphatic rings. The maximum atomic E-state index is 12.8. The number of oxazole rings is 1. The molecule has 2 heterocycles. The number of anilines is 1. The van der Waals surface area contributed by atoms with Gasteiger partial charge in [-0.3, -0.25) is 9.89 Å². The third-order valence-corrected chi connectivity index (χ3v) is 5.68. The molecule has 1 amide bonds. The SMILES string of the molecule is CCOc1ccc(C(=O)Nc2ccc(-c3n[nH]cc3-c3nc4cc(Cl)ccc4o3)cc2)cc1OCC. The third-order valence-electron chi connectivity index (χ3n) is 5.44. The van der Waals surface area contributed by atoms with Crippen molar-refractivity contribution in [1.29, 1.82) is 0 Å². The monoisotopic (exact) mass is 502 g/mol. The van der Waals surface area contributed by atoms with Gasteiger partial charge in [0.15, 0.2) is 17.1 Å². The predicted molar refractivity (Wildman–Crippen MR) is 139 cm³/mol. The highest BCUT2D eigenvalue weighted by Crippen LogP contribution is 2.33. The van der Waals surface area contributed by atoms with Crippen molar-refractivity contribution in [2.24, 2.45) is 0 Å². The molecule has 0 saturated heterocycles. The molecule has 0 bridgehead atoms. The van der Waals surface area contributed by atoms with E-state index in [-0.39, 0.29) is 5.91 Å². The molecule has 36 heavy (non-hydrogen) atoms. The van der Waals surface area contributed by atoms with Gasteiger partial charge in [-0.25, -0.2) is 4.98 Å². The summed E-state index contributed by atoms with van der Waals surface area (Å²) in [5, 5.41) is 10.8. The number of carbonyl (C=O) groups excluding carboxylic acids is 1. The molecule has 0 fully saturated rings. The lowest BCUT2D eigenvalue weighted by molar-refractivity contribution is 0.102. The second-order valence-electron chi connectivity index (χ2n) is 7.84. The Morgan fingerprint density at radius 3 is 2.56 bits per heavy atom. The van der Waals surface area contributed by atoms with E-state index in [1.807, 2.05) is 38.1 Å². The van der Waals surface area contributed by atoms with Crippen LogP contribution in [0.1, 0.15) is 24.2 Å². The van der Waals surface area contributed by atoms with E-state index in [0.29, 0.717) is 63.7 Å². The number of halogens is 1. The fourth-order valence-corrected chi connectivity index (χ4v) is 3.96. The van der Waals surface area contributed by atoms with Crippen molar-refractivity contribution in [1.82, 2.24) is 15.2 Å². The molecule has 0 radical (unpaired) electrons. The van der Waals surface area contributed by atoms with Gasteiger partial charge in [0, 0.05) is 28.0 Å². The fraction of sp³-hybridized carbons (Fsp3) is 0.148. The van der Waals surface area contributed by atoms with Crippen molar-refractivity contribution in [3.05, 3.63) is 77.4 Å². The van der Waals surface area contributed by atoms with Crippen molar-refractivity contribution >= 4 is 34.3 Å². The molecule has 2 aromatic heterocycles. The molecule has 2 N–H and O–H groups in total. The van der Waals surface area contributed by atoms with Crippen LogP contribution < -0.4 is 14.8 Å². The zero-order chi connectivity index (χ0) is 25.1. The van der Waals surface area contributed by atoms with Crippen LogP contribution >= 0.6 is 11.6 Å². The molecular formula is C27H23ClN4O4. The smallest absolute Gasteiger partial charge is 0.255 e. The highest BCUT2D eigenvalue weighted by atomic mass is 35.5. The number of ether oxygens (including phenoxy) is 2. The average molecular weight is 503 g/mol. The molecule has 0 atom stereocenters. The highest BCUT2D eigenvalue weighted by Gasteiger charge is 2.17. The van der Waals surface area contributed by atoms with Gasteiger partial charge in [0.25, 0.3) is 5.91 Å². The Hall–Kier alpha value is -4.30. The van der Waals surface area contributed by atoms with Gasteiger partial charge >= 0.3 is 0 Å². The summed E-state index contributed by atoms with van der Waals surface area (Å²) in [4.78, 5) is 17.4. The number of rotatable bonds is 8. The van der Waals surface area contributed by atoms with Crippen molar-refractivity contribution in [3.63, 3.8) is 0 Å². The summed E-state index contributed by atoms with van der Waals surface area (Å²) in [5.41, 5.74) is 4.66. The van der Waals surface area contributed by atoms with Gasteiger partial charge in [-0.05, 0) is 62.4 Å². The molecule has 5 rings (SSSR count). The Morgan fingerprint density at radius 2 is 1.78 bits per heavy atom. The Balaban J connectivity index is 1.35. The van der Waals surface area contributed by atoms with Crippen molar-refractivity contribution < 1.29 is 18.7 Å². The Morgan fingerprint density at radius 1 is 1.00 bits per heavy atom. The van der Waals surface area contributed by atoms with Crippen LogP contribution in [0.3, 0.4) is 0 Å².